The van der Waals surface area contributed by atoms with Crippen LogP contribution < -0.4 is 4.90 Å². The number of rotatable bonds is 17. The normalized spacial score (nSPS) is 19.5. The standard InChI is InChI=1S/C53H58N2O8S3/c1-52(2)46(54(32-9-11-34-65(58,59)60)44-28-22-36-14-5-7-18-42(36)48(44)52)30-24-38-16-13-17-39(50(38)64-41-26-20-40(21-27-41)51(56)57)25-31-47-53(3,4)49-43-19-8-6-15-37(43)23-29-45(49)55(47)33-10-12-35-66(61,62)63/h5-8,14-15,18-31,38,46H,9-13,16-17,32-35H2,1-4H3,(H2-,56,57,58,59,60,61,62,63)/b30-24+,31-25+. The van der Waals surface area contributed by atoms with Crippen LogP contribution in [0, 0.1) is 5.92 Å². The van der Waals surface area contributed by atoms with Crippen LogP contribution in [-0.4, -0.2) is 77.9 Å². The molecule has 0 aromatic heterocycles. The zero-order chi connectivity index (χ0) is 47.0. The van der Waals surface area contributed by atoms with Crippen molar-refractivity contribution < 1.29 is 40.4 Å². The lowest BCUT2D eigenvalue weighted by molar-refractivity contribution is -0.438. The second kappa shape index (κ2) is 18.9. The van der Waals surface area contributed by atoms with Crippen LogP contribution in [0.2, 0.25) is 0 Å². The molecule has 5 aromatic rings. The number of thioether (sulfide) groups is 1. The summed E-state index contributed by atoms with van der Waals surface area (Å²) in [5.74, 6) is -1.63. The Bertz CT molecular complexity index is 3040. The number of aromatic carboxylic acids is 1. The van der Waals surface area contributed by atoms with Crippen molar-refractivity contribution in [3.63, 3.8) is 0 Å². The monoisotopic (exact) mass is 946 g/mol. The van der Waals surface area contributed by atoms with Gasteiger partial charge in [-0.1, -0.05) is 98.4 Å². The molecule has 0 spiro atoms. The van der Waals surface area contributed by atoms with Crippen LogP contribution in [0.1, 0.15) is 94.1 Å². The molecule has 0 saturated heterocycles. The van der Waals surface area contributed by atoms with Gasteiger partial charge in [0, 0.05) is 58.3 Å². The van der Waals surface area contributed by atoms with Crippen molar-refractivity contribution in [1.82, 2.24) is 0 Å². The summed E-state index contributed by atoms with van der Waals surface area (Å²) in [6.45, 7) is 10.2. The Hall–Kier alpha value is -5.05. The predicted molar refractivity (Wildman–Crippen MR) is 266 cm³/mol. The van der Waals surface area contributed by atoms with E-state index in [9.17, 15) is 35.8 Å². The first-order chi connectivity index (χ1) is 31.3. The second-order valence-corrected chi connectivity index (χ2v) is 23.1. The van der Waals surface area contributed by atoms with Crippen molar-refractivity contribution in [2.75, 3.05) is 29.5 Å². The molecule has 0 saturated carbocycles. The highest BCUT2D eigenvalue weighted by molar-refractivity contribution is 8.03. The number of carboxylic acids is 1. The van der Waals surface area contributed by atoms with Crippen LogP contribution in [0.25, 0.3) is 21.5 Å². The lowest BCUT2D eigenvalue weighted by Crippen LogP contribution is -2.40. The molecule has 1 aliphatic carbocycles. The van der Waals surface area contributed by atoms with E-state index in [-0.39, 0.29) is 35.1 Å². The van der Waals surface area contributed by atoms with Gasteiger partial charge in [0.25, 0.3) is 10.1 Å². The molecule has 2 heterocycles. The highest BCUT2D eigenvalue weighted by Gasteiger charge is 2.46. The topological polar surface area (TPSA) is 155 Å². The van der Waals surface area contributed by atoms with Crippen molar-refractivity contribution in [3.8, 4) is 0 Å². The Morgan fingerprint density at radius 2 is 1.45 bits per heavy atom. The van der Waals surface area contributed by atoms with Crippen molar-refractivity contribution in [3.05, 3.63) is 149 Å². The lowest BCUT2D eigenvalue weighted by atomic mass is 9.77. The number of carbonyl (C=O) groups is 1. The van der Waals surface area contributed by atoms with Crippen molar-refractivity contribution >= 4 is 76.6 Å². The van der Waals surface area contributed by atoms with Gasteiger partial charge in [-0.2, -0.15) is 13.0 Å². The Morgan fingerprint density at radius 3 is 2.12 bits per heavy atom. The average Bonchev–Trinajstić information content (AvgIpc) is 3.63. The zero-order valence-corrected chi connectivity index (χ0v) is 40.4. The summed E-state index contributed by atoms with van der Waals surface area (Å²) in [6.07, 6.45) is 13.6. The van der Waals surface area contributed by atoms with Crippen LogP contribution in [0.4, 0.5) is 11.4 Å². The maximum absolute atomic E-state index is 11.8. The van der Waals surface area contributed by atoms with Gasteiger partial charge < -0.3 is 14.6 Å². The third-order valence-corrected chi connectivity index (χ3v) is 16.6. The van der Waals surface area contributed by atoms with E-state index in [1.165, 1.54) is 27.0 Å². The number of anilines is 1. The Kier molecular flexibility index (Phi) is 13.6. The molecule has 13 heteroatoms. The quantitative estimate of drug-likeness (QED) is 0.0398. The van der Waals surface area contributed by atoms with E-state index in [1.54, 1.807) is 23.9 Å². The van der Waals surface area contributed by atoms with E-state index in [2.05, 4.69) is 122 Å². The number of carboxylic acid groups (broad SMARTS) is 1. The SMILES string of the molecule is CC1(C)C(/C=C/C2=C(Sc3ccc(C(=O)O)cc3)C(/C=C/C3N(CCCCS(=O)(=O)O)c4ccc5ccccc5c4C3(C)C)CCC2)=[N+](CCCCS(=O)(=O)[O-])c2ccc3ccccc3c21. The summed E-state index contributed by atoms with van der Waals surface area (Å²) in [5.41, 5.74) is 6.43. The number of unbranched alkanes of at least 4 members (excludes halogenated alkanes) is 2. The van der Waals surface area contributed by atoms with Gasteiger partial charge in [-0.25, -0.2) is 13.2 Å². The van der Waals surface area contributed by atoms with Gasteiger partial charge in [0.15, 0.2) is 5.71 Å². The molecule has 2 N–H and O–H groups in total. The molecule has 8 rings (SSSR count). The summed E-state index contributed by atoms with van der Waals surface area (Å²) in [6, 6.07) is 32.4. The van der Waals surface area contributed by atoms with Crippen LogP contribution in [-0.2, 0) is 31.1 Å². The fourth-order valence-electron chi connectivity index (χ4n) is 10.6. The van der Waals surface area contributed by atoms with E-state index in [4.69, 9.17) is 0 Å². The summed E-state index contributed by atoms with van der Waals surface area (Å²) < 4.78 is 69.8. The Morgan fingerprint density at radius 1 is 0.803 bits per heavy atom. The third kappa shape index (κ3) is 9.96. The Labute approximate surface area is 393 Å². The lowest BCUT2D eigenvalue weighted by Gasteiger charge is -2.33. The fourth-order valence-corrected chi connectivity index (χ4v) is 12.9. The maximum Gasteiger partial charge on any atom is 0.335 e. The third-order valence-electron chi connectivity index (χ3n) is 13.7. The second-order valence-electron chi connectivity index (χ2n) is 18.9. The number of fused-ring (bicyclic) bond motifs is 6. The fraction of sp³-hybridized carbons (Fsp3) is 0.358. The van der Waals surface area contributed by atoms with Crippen LogP contribution in [0.15, 0.2) is 137 Å². The molecular formula is C53H58N2O8S3. The minimum absolute atomic E-state index is 0.0352. The molecule has 0 bridgehead atoms. The van der Waals surface area contributed by atoms with E-state index in [0.29, 0.717) is 32.4 Å². The molecule has 10 nitrogen and oxygen atoms in total. The molecule has 2 aliphatic heterocycles. The van der Waals surface area contributed by atoms with E-state index < -0.39 is 37.4 Å². The molecule has 0 fully saturated rings. The van der Waals surface area contributed by atoms with Crippen LogP contribution in [0.5, 0.6) is 0 Å². The first-order valence-electron chi connectivity index (χ1n) is 22.8. The van der Waals surface area contributed by atoms with E-state index in [1.807, 2.05) is 24.3 Å². The molecule has 0 amide bonds. The van der Waals surface area contributed by atoms with Gasteiger partial charge >= 0.3 is 5.97 Å². The number of benzene rings is 5. The summed E-state index contributed by atoms with van der Waals surface area (Å²) in [7, 11) is -8.41. The summed E-state index contributed by atoms with van der Waals surface area (Å²) in [4.78, 5) is 16.3. The zero-order valence-electron chi connectivity index (χ0n) is 37.9. The van der Waals surface area contributed by atoms with Gasteiger partial charge in [0.2, 0.25) is 5.69 Å². The van der Waals surface area contributed by atoms with Gasteiger partial charge in [0.1, 0.15) is 6.54 Å². The minimum atomic E-state index is -4.33. The molecule has 5 aromatic carbocycles. The van der Waals surface area contributed by atoms with Crippen molar-refractivity contribution in [2.45, 2.75) is 94.4 Å². The molecule has 346 valence electrons. The van der Waals surface area contributed by atoms with Gasteiger partial charge in [-0.3, -0.25) is 4.55 Å². The van der Waals surface area contributed by atoms with Gasteiger partial charge in [0.05, 0.1) is 32.9 Å². The maximum atomic E-state index is 11.8. The Balaban J connectivity index is 1.20. The number of hydrogen-bond acceptors (Lipinski definition) is 8. The minimum Gasteiger partial charge on any atom is -0.748 e. The smallest absolute Gasteiger partial charge is 0.335 e. The number of nitrogens with zero attached hydrogens (tertiary/aromatic N) is 2. The first kappa shape index (κ1) is 47.4. The first-order valence-corrected chi connectivity index (χ1v) is 26.8. The average molecular weight is 947 g/mol. The highest BCUT2D eigenvalue weighted by Crippen LogP contribution is 2.51. The largest absolute Gasteiger partial charge is 0.748 e. The van der Waals surface area contributed by atoms with E-state index >= 15 is 0 Å². The van der Waals surface area contributed by atoms with Crippen LogP contribution in [0.3, 0.4) is 0 Å². The van der Waals surface area contributed by atoms with E-state index in [0.717, 1.165) is 57.4 Å². The predicted octanol–water partition coefficient (Wildman–Crippen LogP) is 11.2. The molecule has 2 unspecified atom stereocenters. The van der Waals surface area contributed by atoms with Gasteiger partial charge in [-0.05, 0) is 126 Å². The van der Waals surface area contributed by atoms with Gasteiger partial charge in [-0.15, -0.1) is 0 Å². The molecule has 0 radical (unpaired) electrons. The molecular weight excluding hydrogens is 889 g/mol. The number of allylic oxidation sites excluding steroid dienone is 5. The molecule has 66 heavy (non-hydrogen) atoms. The number of hydrogen-bond donors (Lipinski definition) is 2. The van der Waals surface area contributed by atoms with Crippen molar-refractivity contribution in [1.29, 1.82) is 0 Å². The molecule has 2 atom stereocenters. The van der Waals surface area contributed by atoms with Crippen molar-refractivity contribution in [2.24, 2.45) is 5.92 Å². The molecule has 3 aliphatic rings. The summed E-state index contributed by atoms with van der Waals surface area (Å²) in [5, 5.41) is 14.3. The summed E-state index contributed by atoms with van der Waals surface area (Å²) >= 11 is 1.66. The van der Waals surface area contributed by atoms with Crippen LogP contribution >= 0.6 is 11.8 Å². The highest BCUT2D eigenvalue weighted by atomic mass is 32.2.